The first-order chi connectivity index (χ1) is 13.3. The standard InChI is InChI=1S/C19H24N4O4S/c1-14-15(2)21-13-22(19(14)25)12-9-20-18(24)16-5-7-17(8-6-16)28(26,27)23-10-3-4-11-23/h5-8,13H,3-4,9-12H2,1-2H3,(H,20,24). The van der Waals surface area contributed by atoms with E-state index in [9.17, 15) is 18.0 Å². The average molecular weight is 404 g/mol. The molecule has 9 heteroatoms. The number of rotatable bonds is 6. The zero-order chi connectivity index (χ0) is 20.3. The Morgan fingerprint density at radius 1 is 1.14 bits per heavy atom. The van der Waals surface area contributed by atoms with Gasteiger partial charge in [0.25, 0.3) is 11.5 Å². The molecule has 0 saturated carbocycles. The summed E-state index contributed by atoms with van der Waals surface area (Å²) in [4.78, 5) is 28.8. The maximum Gasteiger partial charge on any atom is 0.256 e. The van der Waals surface area contributed by atoms with Crippen LogP contribution in [0.2, 0.25) is 0 Å². The second-order valence-corrected chi connectivity index (χ2v) is 8.78. The van der Waals surface area contributed by atoms with Crippen molar-refractivity contribution in [3.05, 3.63) is 57.8 Å². The van der Waals surface area contributed by atoms with Gasteiger partial charge in [0.15, 0.2) is 0 Å². The van der Waals surface area contributed by atoms with Crippen molar-refractivity contribution >= 4 is 15.9 Å². The number of sulfonamides is 1. The number of aryl methyl sites for hydroxylation is 1. The van der Waals surface area contributed by atoms with Crippen LogP contribution in [0.1, 0.15) is 34.5 Å². The van der Waals surface area contributed by atoms with E-state index in [4.69, 9.17) is 0 Å². The van der Waals surface area contributed by atoms with Crippen LogP contribution in [0.5, 0.6) is 0 Å². The van der Waals surface area contributed by atoms with Crippen LogP contribution in [0.3, 0.4) is 0 Å². The van der Waals surface area contributed by atoms with Gasteiger partial charge in [0.2, 0.25) is 10.0 Å². The molecular weight excluding hydrogens is 380 g/mol. The van der Waals surface area contributed by atoms with Gasteiger partial charge < -0.3 is 5.32 Å². The predicted molar refractivity (Wildman–Crippen MR) is 105 cm³/mol. The topological polar surface area (TPSA) is 101 Å². The fourth-order valence-corrected chi connectivity index (χ4v) is 4.60. The van der Waals surface area contributed by atoms with Crippen LogP contribution in [-0.2, 0) is 16.6 Å². The van der Waals surface area contributed by atoms with Crippen LogP contribution in [-0.4, -0.2) is 47.8 Å². The van der Waals surface area contributed by atoms with Crippen molar-refractivity contribution in [2.45, 2.75) is 38.1 Å². The molecule has 28 heavy (non-hydrogen) atoms. The van der Waals surface area contributed by atoms with Gasteiger partial charge in [-0.25, -0.2) is 13.4 Å². The lowest BCUT2D eigenvalue weighted by atomic mass is 10.2. The molecule has 1 saturated heterocycles. The van der Waals surface area contributed by atoms with Crippen molar-refractivity contribution in [1.82, 2.24) is 19.2 Å². The normalized spacial score (nSPS) is 14.9. The zero-order valence-electron chi connectivity index (χ0n) is 16.0. The first-order valence-corrected chi connectivity index (χ1v) is 10.7. The summed E-state index contributed by atoms with van der Waals surface area (Å²) in [6, 6.07) is 5.92. The van der Waals surface area contributed by atoms with Gasteiger partial charge in [-0.05, 0) is 51.0 Å². The summed E-state index contributed by atoms with van der Waals surface area (Å²) in [5, 5.41) is 2.74. The molecule has 0 unspecified atom stereocenters. The van der Waals surface area contributed by atoms with Crippen molar-refractivity contribution < 1.29 is 13.2 Å². The van der Waals surface area contributed by atoms with Crippen molar-refractivity contribution in [2.24, 2.45) is 0 Å². The van der Waals surface area contributed by atoms with Gasteiger partial charge in [0.1, 0.15) is 0 Å². The summed E-state index contributed by atoms with van der Waals surface area (Å²) >= 11 is 0. The number of benzene rings is 1. The Hall–Kier alpha value is -2.52. The first kappa shape index (κ1) is 20.2. The maximum absolute atomic E-state index is 12.5. The van der Waals surface area contributed by atoms with E-state index in [-0.39, 0.29) is 22.9 Å². The van der Waals surface area contributed by atoms with Crippen LogP contribution in [0.15, 0.2) is 40.3 Å². The molecule has 1 aliphatic heterocycles. The molecule has 2 aromatic rings. The van der Waals surface area contributed by atoms with E-state index in [0.29, 0.717) is 36.5 Å². The van der Waals surface area contributed by atoms with Crippen molar-refractivity contribution in [3.8, 4) is 0 Å². The summed E-state index contributed by atoms with van der Waals surface area (Å²) in [6.07, 6.45) is 3.21. The fourth-order valence-electron chi connectivity index (χ4n) is 3.08. The zero-order valence-corrected chi connectivity index (χ0v) is 16.8. The van der Waals surface area contributed by atoms with E-state index in [1.807, 2.05) is 0 Å². The van der Waals surface area contributed by atoms with Crippen molar-refractivity contribution in [3.63, 3.8) is 0 Å². The number of hydrogen-bond donors (Lipinski definition) is 1. The van der Waals surface area contributed by atoms with Crippen LogP contribution in [0.25, 0.3) is 0 Å². The second kappa shape index (κ2) is 8.24. The summed E-state index contributed by atoms with van der Waals surface area (Å²) in [5.41, 5.74) is 1.52. The van der Waals surface area contributed by atoms with E-state index in [1.54, 1.807) is 13.8 Å². The Morgan fingerprint density at radius 3 is 2.43 bits per heavy atom. The molecule has 1 fully saturated rings. The second-order valence-electron chi connectivity index (χ2n) is 6.84. The highest BCUT2D eigenvalue weighted by molar-refractivity contribution is 7.89. The molecule has 0 aliphatic carbocycles. The Balaban J connectivity index is 1.61. The molecule has 1 N–H and O–H groups in total. The highest BCUT2D eigenvalue weighted by Crippen LogP contribution is 2.21. The Kier molecular flexibility index (Phi) is 5.95. The van der Waals surface area contributed by atoms with Crippen LogP contribution < -0.4 is 10.9 Å². The van der Waals surface area contributed by atoms with Gasteiger partial charge in [0, 0.05) is 43.0 Å². The van der Waals surface area contributed by atoms with E-state index >= 15 is 0 Å². The number of aromatic nitrogens is 2. The number of carbonyl (C=O) groups is 1. The molecule has 1 aliphatic rings. The minimum absolute atomic E-state index is 0.127. The molecule has 0 radical (unpaired) electrons. The molecular formula is C19H24N4O4S. The molecule has 0 bridgehead atoms. The third-order valence-corrected chi connectivity index (χ3v) is 6.89. The molecule has 1 amide bonds. The summed E-state index contributed by atoms with van der Waals surface area (Å²) in [5.74, 6) is -0.324. The Bertz CT molecular complexity index is 1020. The molecule has 1 aromatic carbocycles. The van der Waals surface area contributed by atoms with Gasteiger partial charge in [-0.3, -0.25) is 14.2 Å². The molecule has 1 aromatic heterocycles. The Labute approximate surface area is 164 Å². The van der Waals surface area contributed by atoms with E-state index in [2.05, 4.69) is 10.3 Å². The van der Waals surface area contributed by atoms with Gasteiger partial charge in [-0.15, -0.1) is 0 Å². The van der Waals surface area contributed by atoms with E-state index in [0.717, 1.165) is 12.8 Å². The largest absolute Gasteiger partial charge is 0.350 e. The quantitative estimate of drug-likeness (QED) is 0.776. The SMILES string of the molecule is Cc1ncn(CCNC(=O)c2ccc(S(=O)(=O)N3CCCC3)cc2)c(=O)c1C. The van der Waals surface area contributed by atoms with Gasteiger partial charge in [-0.2, -0.15) is 4.31 Å². The number of hydrogen-bond acceptors (Lipinski definition) is 5. The molecule has 0 spiro atoms. The summed E-state index contributed by atoms with van der Waals surface area (Å²) < 4.78 is 28.0. The fraction of sp³-hybridized carbons (Fsp3) is 0.421. The highest BCUT2D eigenvalue weighted by Gasteiger charge is 2.27. The number of amides is 1. The molecule has 8 nitrogen and oxygen atoms in total. The minimum atomic E-state index is -3.49. The lowest BCUT2D eigenvalue weighted by Gasteiger charge is -2.15. The average Bonchev–Trinajstić information content (AvgIpc) is 3.24. The van der Waals surface area contributed by atoms with Crippen LogP contribution in [0, 0.1) is 13.8 Å². The molecule has 3 rings (SSSR count). The van der Waals surface area contributed by atoms with Gasteiger partial charge in [0.05, 0.1) is 11.2 Å². The summed E-state index contributed by atoms with van der Waals surface area (Å²) in [6.45, 7) is 5.14. The van der Waals surface area contributed by atoms with E-state index in [1.165, 1.54) is 39.5 Å². The lowest BCUT2D eigenvalue weighted by Crippen LogP contribution is -2.32. The number of carbonyl (C=O) groups excluding carboxylic acids is 1. The minimum Gasteiger partial charge on any atom is -0.350 e. The van der Waals surface area contributed by atoms with Crippen molar-refractivity contribution in [1.29, 1.82) is 0 Å². The molecule has 2 heterocycles. The van der Waals surface area contributed by atoms with Gasteiger partial charge in [-0.1, -0.05) is 0 Å². The van der Waals surface area contributed by atoms with Crippen LogP contribution in [0.4, 0.5) is 0 Å². The lowest BCUT2D eigenvalue weighted by molar-refractivity contribution is 0.0952. The molecule has 0 atom stereocenters. The smallest absolute Gasteiger partial charge is 0.256 e. The van der Waals surface area contributed by atoms with E-state index < -0.39 is 10.0 Å². The monoisotopic (exact) mass is 404 g/mol. The summed E-state index contributed by atoms with van der Waals surface area (Å²) in [7, 11) is -3.49. The molecule has 150 valence electrons. The number of nitrogens with one attached hydrogen (secondary N) is 1. The van der Waals surface area contributed by atoms with Gasteiger partial charge >= 0.3 is 0 Å². The highest BCUT2D eigenvalue weighted by atomic mass is 32.2. The number of nitrogens with zero attached hydrogens (tertiary/aromatic N) is 3. The van der Waals surface area contributed by atoms with Crippen molar-refractivity contribution in [2.75, 3.05) is 19.6 Å². The van der Waals surface area contributed by atoms with Crippen LogP contribution >= 0.6 is 0 Å². The third-order valence-electron chi connectivity index (χ3n) is 4.97. The maximum atomic E-state index is 12.5. The first-order valence-electron chi connectivity index (χ1n) is 9.22. The predicted octanol–water partition coefficient (Wildman–Crippen LogP) is 1.07. The third kappa shape index (κ3) is 4.15. The Morgan fingerprint density at radius 2 is 1.79 bits per heavy atom.